The number of anilines is 2. The summed E-state index contributed by atoms with van der Waals surface area (Å²) in [6.07, 6.45) is 0.949. The molecule has 4 aromatic rings. The van der Waals surface area contributed by atoms with Crippen LogP contribution in [0.4, 0.5) is 11.6 Å². The highest BCUT2D eigenvalue weighted by molar-refractivity contribution is 9.10. The smallest absolute Gasteiger partial charge is 0.288 e. The highest BCUT2D eigenvalue weighted by Crippen LogP contribution is 2.41. The highest BCUT2D eigenvalue weighted by Gasteiger charge is 2.34. The summed E-state index contributed by atoms with van der Waals surface area (Å²) < 4.78 is 2.65. The van der Waals surface area contributed by atoms with Crippen molar-refractivity contribution in [3.05, 3.63) is 80.0 Å². The van der Waals surface area contributed by atoms with Crippen molar-refractivity contribution in [1.29, 1.82) is 0 Å². The highest BCUT2D eigenvalue weighted by atomic mass is 79.9. The van der Waals surface area contributed by atoms with Gasteiger partial charge in [-0.15, -0.1) is 0 Å². The minimum absolute atomic E-state index is 0.315. The summed E-state index contributed by atoms with van der Waals surface area (Å²) in [5.41, 5.74) is 4.59. The standard InChI is InChI=1S/C20H16BrN7O/c1-2-11-3-5-13(6-4-11)18-15-16(12-7-9-14(21)10-8-12)23-24-19(29)17(15)22-20-25-26-27-28(18)20/h3-10,18H,2H2,1H3,(H,24,29)(H,22,25,27)/t18-/m1/s1. The van der Waals surface area contributed by atoms with Crippen molar-refractivity contribution in [2.75, 3.05) is 5.32 Å². The van der Waals surface area contributed by atoms with Crippen LogP contribution in [0.1, 0.15) is 29.7 Å². The average Bonchev–Trinajstić information content (AvgIpc) is 3.22. The quantitative estimate of drug-likeness (QED) is 0.437. The van der Waals surface area contributed by atoms with Crippen molar-refractivity contribution < 1.29 is 0 Å². The van der Waals surface area contributed by atoms with E-state index in [1.807, 2.05) is 24.3 Å². The van der Waals surface area contributed by atoms with E-state index in [0.717, 1.165) is 27.6 Å². The topological polar surface area (TPSA) is 101 Å². The maximum atomic E-state index is 12.6. The van der Waals surface area contributed by atoms with Crippen LogP contribution in [0.15, 0.2) is 57.8 Å². The molecule has 0 saturated heterocycles. The van der Waals surface area contributed by atoms with E-state index in [0.29, 0.717) is 17.3 Å². The maximum Gasteiger partial charge on any atom is 0.288 e. The van der Waals surface area contributed by atoms with Crippen molar-refractivity contribution in [1.82, 2.24) is 30.4 Å². The van der Waals surface area contributed by atoms with Crippen LogP contribution in [-0.2, 0) is 6.42 Å². The molecular weight excluding hydrogens is 434 g/mol. The Bertz CT molecular complexity index is 1250. The minimum atomic E-state index is -0.379. The first-order chi connectivity index (χ1) is 14.2. The van der Waals surface area contributed by atoms with Crippen LogP contribution in [0, 0.1) is 0 Å². The number of H-pyrrole nitrogens is 1. The van der Waals surface area contributed by atoms with Crippen LogP contribution in [0.5, 0.6) is 0 Å². The van der Waals surface area contributed by atoms with Gasteiger partial charge in [0, 0.05) is 15.6 Å². The number of aryl methyl sites for hydroxylation is 1. The first-order valence-electron chi connectivity index (χ1n) is 9.18. The van der Waals surface area contributed by atoms with Crippen molar-refractivity contribution in [2.45, 2.75) is 19.4 Å². The number of nitrogens with zero attached hydrogens (tertiary/aromatic N) is 5. The molecule has 29 heavy (non-hydrogen) atoms. The number of tetrazole rings is 1. The Morgan fingerprint density at radius 2 is 1.86 bits per heavy atom. The SMILES string of the molecule is CCc1ccc([C@@H]2c3c(-c4ccc(Br)cc4)n[nH]c(=O)c3Nc3nnnn32)cc1. The van der Waals surface area contributed by atoms with Crippen LogP contribution in [-0.4, -0.2) is 30.4 Å². The van der Waals surface area contributed by atoms with Gasteiger partial charge in [0.2, 0.25) is 5.95 Å². The molecule has 1 atom stereocenters. The van der Waals surface area contributed by atoms with E-state index in [1.54, 1.807) is 4.68 Å². The minimum Gasteiger partial charge on any atom is -0.318 e. The molecule has 0 spiro atoms. The summed E-state index contributed by atoms with van der Waals surface area (Å²) in [6, 6.07) is 15.7. The van der Waals surface area contributed by atoms with Crippen molar-refractivity contribution >= 4 is 27.6 Å². The molecule has 0 saturated carbocycles. The van der Waals surface area contributed by atoms with Crippen LogP contribution in [0.2, 0.25) is 0 Å². The van der Waals surface area contributed by atoms with Crippen LogP contribution < -0.4 is 10.9 Å². The van der Waals surface area contributed by atoms with Crippen molar-refractivity contribution in [2.24, 2.45) is 0 Å². The number of aromatic nitrogens is 6. The molecule has 0 bridgehead atoms. The predicted molar refractivity (Wildman–Crippen MR) is 112 cm³/mol. The van der Waals surface area contributed by atoms with Gasteiger partial charge < -0.3 is 5.32 Å². The fourth-order valence-corrected chi connectivity index (χ4v) is 3.87. The summed E-state index contributed by atoms with van der Waals surface area (Å²) >= 11 is 3.46. The Kier molecular flexibility index (Phi) is 4.24. The van der Waals surface area contributed by atoms with Crippen molar-refractivity contribution in [3.63, 3.8) is 0 Å². The largest absolute Gasteiger partial charge is 0.318 e. The second-order valence-corrected chi connectivity index (χ2v) is 7.68. The normalized spacial score (nSPS) is 14.8. The molecular formula is C20H16BrN7O. The number of nitrogens with one attached hydrogen (secondary N) is 2. The fraction of sp³-hybridized carbons (Fsp3) is 0.150. The second-order valence-electron chi connectivity index (χ2n) is 6.77. The predicted octanol–water partition coefficient (Wildman–Crippen LogP) is 3.44. The summed E-state index contributed by atoms with van der Waals surface area (Å²) in [5, 5.41) is 22.1. The van der Waals surface area contributed by atoms with Crippen LogP contribution in [0.3, 0.4) is 0 Å². The van der Waals surface area contributed by atoms with Gasteiger partial charge >= 0.3 is 0 Å². The van der Waals surface area contributed by atoms with Crippen LogP contribution in [0.25, 0.3) is 11.3 Å². The van der Waals surface area contributed by atoms with Gasteiger partial charge in [0.15, 0.2) is 0 Å². The fourth-order valence-electron chi connectivity index (χ4n) is 3.61. The molecule has 2 aromatic heterocycles. The zero-order valence-electron chi connectivity index (χ0n) is 15.4. The number of fused-ring (bicyclic) bond motifs is 2. The number of halogens is 1. The monoisotopic (exact) mass is 449 g/mol. The zero-order chi connectivity index (χ0) is 20.0. The Morgan fingerprint density at radius 1 is 1.10 bits per heavy atom. The first-order valence-corrected chi connectivity index (χ1v) is 9.97. The molecule has 1 aliphatic heterocycles. The van der Waals surface area contributed by atoms with Gasteiger partial charge in [-0.2, -0.15) is 9.78 Å². The molecule has 8 nitrogen and oxygen atoms in total. The molecule has 9 heteroatoms. The molecule has 2 aromatic carbocycles. The summed E-state index contributed by atoms with van der Waals surface area (Å²) in [6.45, 7) is 2.11. The molecule has 0 fully saturated rings. The lowest BCUT2D eigenvalue weighted by Crippen LogP contribution is -2.29. The molecule has 5 rings (SSSR count). The molecule has 1 aliphatic rings. The first kappa shape index (κ1) is 17.7. The molecule has 3 heterocycles. The molecule has 2 N–H and O–H groups in total. The van der Waals surface area contributed by atoms with E-state index in [4.69, 9.17) is 0 Å². The molecule has 144 valence electrons. The Hall–Kier alpha value is -3.33. The molecule has 0 unspecified atom stereocenters. The summed E-state index contributed by atoms with van der Waals surface area (Å²) in [7, 11) is 0. The van der Waals surface area contributed by atoms with Crippen LogP contribution >= 0.6 is 15.9 Å². The Balaban J connectivity index is 1.78. The van der Waals surface area contributed by atoms with E-state index >= 15 is 0 Å². The molecule has 0 aliphatic carbocycles. The maximum absolute atomic E-state index is 12.6. The van der Waals surface area contributed by atoms with Gasteiger partial charge in [0.1, 0.15) is 11.7 Å². The lowest BCUT2D eigenvalue weighted by atomic mass is 9.92. The average molecular weight is 450 g/mol. The number of hydrogen-bond donors (Lipinski definition) is 2. The number of hydrogen-bond acceptors (Lipinski definition) is 6. The molecule has 0 amide bonds. The molecule has 0 radical (unpaired) electrons. The third-order valence-corrected chi connectivity index (χ3v) is 5.62. The van der Waals surface area contributed by atoms with Gasteiger partial charge in [-0.1, -0.05) is 64.4 Å². The number of aromatic amines is 1. The Labute approximate surface area is 174 Å². The van der Waals surface area contributed by atoms with E-state index in [2.05, 4.69) is 78.2 Å². The number of rotatable bonds is 3. The Morgan fingerprint density at radius 3 is 2.59 bits per heavy atom. The lowest BCUT2D eigenvalue weighted by Gasteiger charge is -2.28. The van der Waals surface area contributed by atoms with Gasteiger partial charge in [0.25, 0.3) is 5.56 Å². The van der Waals surface area contributed by atoms with Gasteiger partial charge in [-0.25, -0.2) is 5.10 Å². The number of benzene rings is 2. The van der Waals surface area contributed by atoms with Crippen molar-refractivity contribution in [3.8, 4) is 11.3 Å². The zero-order valence-corrected chi connectivity index (χ0v) is 17.0. The third kappa shape index (κ3) is 2.94. The third-order valence-electron chi connectivity index (χ3n) is 5.09. The second kappa shape index (κ2) is 6.93. The summed E-state index contributed by atoms with van der Waals surface area (Å²) in [4.78, 5) is 12.6. The van der Waals surface area contributed by atoms with Gasteiger partial charge in [0.05, 0.1) is 5.69 Å². The van der Waals surface area contributed by atoms with E-state index < -0.39 is 0 Å². The van der Waals surface area contributed by atoms with Gasteiger partial charge in [-0.3, -0.25) is 4.79 Å². The van der Waals surface area contributed by atoms with E-state index in [-0.39, 0.29) is 11.6 Å². The lowest BCUT2D eigenvalue weighted by molar-refractivity contribution is 0.567. The van der Waals surface area contributed by atoms with Gasteiger partial charge in [-0.05, 0) is 40.1 Å². The van der Waals surface area contributed by atoms with E-state index in [9.17, 15) is 4.79 Å². The summed E-state index contributed by atoms with van der Waals surface area (Å²) in [5.74, 6) is 0.417. The van der Waals surface area contributed by atoms with E-state index in [1.165, 1.54) is 5.56 Å².